The molecule has 1 atom stereocenters. The van der Waals surface area contributed by atoms with Crippen LogP contribution in [0.5, 0.6) is 0 Å². The van der Waals surface area contributed by atoms with Gasteiger partial charge in [0.15, 0.2) is 14.6 Å². The summed E-state index contributed by atoms with van der Waals surface area (Å²) in [5.74, 6) is -1.44. The molecule has 0 aliphatic heterocycles. The van der Waals surface area contributed by atoms with Gasteiger partial charge in [0.2, 0.25) is 0 Å². The molecule has 0 spiro atoms. The van der Waals surface area contributed by atoms with Crippen molar-refractivity contribution in [2.45, 2.75) is 24.6 Å². The number of aromatic nitrogens is 2. The molecule has 2 aromatic carbocycles. The molecule has 28 heavy (non-hydrogen) atoms. The van der Waals surface area contributed by atoms with Crippen LogP contribution in [0.3, 0.4) is 0 Å². The molecule has 0 aliphatic rings. The Kier molecular flexibility index (Phi) is 5.08. The first-order valence-corrected chi connectivity index (χ1v) is 10.5. The van der Waals surface area contributed by atoms with E-state index in [4.69, 9.17) is 0 Å². The molecule has 0 fully saturated rings. The number of carboxylic acids is 1. The third kappa shape index (κ3) is 3.55. The summed E-state index contributed by atoms with van der Waals surface area (Å²) in [7, 11) is -3.86. The molecule has 3 aromatic rings. The topological polar surface area (TPSA) is 106 Å². The third-order valence-electron chi connectivity index (χ3n) is 5.03. The van der Waals surface area contributed by atoms with Crippen LogP contribution < -0.4 is 5.56 Å². The maximum atomic E-state index is 12.7. The van der Waals surface area contributed by atoms with Crippen LogP contribution in [-0.4, -0.2) is 40.0 Å². The first kappa shape index (κ1) is 19.8. The first-order valence-electron chi connectivity index (χ1n) is 8.61. The minimum atomic E-state index is -3.86. The van der Waals surface area contributed by atoms with Gasteiger partial charge in [-0.15, -0.1) is 0 Å². The quantitative estimate of drug-likeness (QED) is 0.681. The van der Waals surface area contributed by atoms with E-state index in [1.165, 1.54) is 10.9 Å². The van der Waals surface area contributed by atoms with Gasteiger partial charge in [-0.25, -0.2) is 13.4 Å². The fraction of sp³-hybridized carbons (Fsp3) is 0.250. The van der Waals surface area contributed by atoms with Gasteiger partial charge < -0.3 is 5.11 Å². The number of benzene rings is 2. The van der Waals surface area contributed by atoms with Crippen LogP contribution in [0.15, 0.2) is 59.7 Å². The molecular weight excluding hydrogens is 380 g/mol. The molecule has 0 aliphatic carbocycles. The van der Waals surface area contributed by atoms with Crippen molar-refractivity contribution in [1.82, 2.24) is 9.55 Å². The van der Waals surface area contributed by atoms with Gasteiger partial charge in [0, 0.05) is 12.8 Å². The zero-order chi connectivity index (χ0) is 20.5. The Morgan fingerprint density at radius 1 is 1.14 bits per heavy atom. The number of fused-ring (bicyclic) bond motifs is 1. The summed E-state index contributed by atoms with van der Waals surface area (Å²) < 4.78 is 23.1. The van der Waals surface area contributed by atoms with E-state index >= 15 is 0 Å². The minimum Gasteiger partial charge on any atom is -0.480 e. The number of nitrogens with zero attached hydrogens (tertiary/aromatic N) is 2. The lowest BCUT2D eigenvalue weighted by Crippen LogP contribution is -2.44. The smallest absolute Gasteiger partial charge is 0.324 e. The van der Waals surface area contributed by atoms with E-state index in [0.717, 1.165) is 24.3 Å². The Labute approximate surface area is 162 Å². The summed E-state index contributed by atoms with van der Waals surface area (Å²) in [5, 5.41) is 9.73. The molecule has 146 valence electrons. The fourth-order valence-corrected chi connectivity index (χ4v) is 3.69. The second-order valence-corrected chi connectivity index (χ2v) is 9.34. The van der Waals surface area contributed by atoms with Crippen molar-refractivity contribution >= 4 is 26.7 Å². The molecule has 0 saturated heterocycles. The van der Waals surface area contributed by atoms with Gasteiger partial charge in [-0.3, -0.25) is 14.2 Å². The summed E-state index contributed by atoms with van der Waals surface area (Å²) in [6.45, 7) is 1.08. The summed E-state index contributed by atoms with van der Waals surface area (Å²) in [6, 6.07) is 15.0. The van der Waals surface area contributed by atoms with E-state index in [2.05, 4.69) is 4.98 Å². The van der Waals surface area contributed by atoms with Crippen LogP contribution in [0.4, 0.5) is 0 Å². The Bertz CT molecular complexity index is 1200. The second kappa shape index (κ2) is 7.20. The summed E-state index contributed by atoms with van der Waals surface area (Å²) in [5.41, 5.74) is 2.10. The summed E-state index contributed by atoms with van der Waals surface area (Å²) in [4.78, 5) is 28.5. The Morgan fingerprint density at radius 3 is 2.43 bits per heavy atom. The van der Waals surface area contributed by atoms with E-state index < -0.39 is 20.6 Å². The summed E-state index contributed by atoms with van der Waals surface area (Å²) >= 11 is 0. The highest BCUT2D eigenvalue weighted by molar-refractivity contribution is 7.92. The predicted octanol–water partition coefficient (Wildman–Crippen LogP) is 2.34. The minimum absolute atomic E-state index is 0.0713. The van der Waals surface area contributed by atoms with Crippen molar-refractivity contribution in [1.29, 1.82) is 0 Å². The Morgan fingerprint density at radius 2 is 1.82 bits per heavy atom. The number of hydrogen-bond donors (Lipinski definition) is 1. The monoisotopic (exact) mass is 400 g/mol. The number of carbonyl (C=O) groups is 1. The molecule has 0 bridgehead atoms. The highest BCUT2D eigenvalue weighted by Gasteiger charge is 2.43. The van der Waals surface area contributed by atoms with Gasteiger partial charge in [0.05, 0.1) is 17.2 Å². The Balaban J connectivity index is 1.95. The number of aliphatic carboxylic acids is 1. The SMILES string of the molecule is C[C@](CCn1cnc2cc(-c3ccccc3)ccc2c1=O)(C(=O)O)S(C)(=O)=O. The van der Waals surface area contributed by atoms with Gasteiger partial charge in [-0.05, 0) is 36.6 Å². The first-order chi connectivity index (χ1) is 13.1. The second-order valence-electron chi connectivity index (χ2n) is 6.90. The van der Waals surface area contributed by atoms with Crippen molar-refractivity contribution in [3.63, 3.8) is 0 Å². The van der Waals surface area contributed by atoms with Crippen molar-refractivity contribution in [3.8, 4) is 11.1 Å². The molecule has 1 N–H and O–H groups in total. The van der Waals surface area contributed by atoms with Crippen LogP contribution in [-0.2, 0) is 21.2 Å². The number of rotatable bonds is 6. The van der Waals surface area contributed by atoms with Crippen molar-refractivity contribution in [2.75, 3.05) is 6.26 Å². The lowest BCUT2D eigenvalue weighted by molar-refractivity contribution is -0.139. The van der Waals surface area contributed by atoms with Gasteiger partial charge in [0.1, 0.15) is 0 Å². The van der Waals surface area contributed by atoms with Gasteiger partial charge in [-0.1, -0.05) is 36.4 Å². The van der Waals surface area contributed by atoms with Crippen LogP contribution in [0.1, 0.15) is 13.3 Å². The van der Waals surface area contributed by atoms with Crippen LogP contribution >= 0.6 is 0 Å². The molecule has 0 saturated carbocycles. The molecule has 0 unspecified atom stereocenters. The largest absolute Gasteiger partial charge is 0.480 e. The van der Waals surface area contributed by atoms with E-state index in [-0.39, 0.29) is 18.5 Å². The normalized spacial score (nSPS) is 13.9. The molecule has 0 amide bonds. The van der Waals surface area contributed by atoms with Gasteiger partial charge in [0.25, 0.3) is 5.56 Å². The number of aryl methyl sites for hydroxylation is 1. The van der Waals surface area contributed by atoms with Crippen molar-refractivity contribution < 1.29 is 18.3 Å². The molecule has 8 heteroatoms. The molecule has 1 aromatic heterocycles. The van der Waals surface area contributed by atoms with Crippen LogP contribution in [0.25, 0.3) is 22.0 Å². The number of sulfone groups is 1. The van der Waals surface area contributed by atoms with Crippen LogP contribution in [0.2, 0.25) is 0 Å². The summed E-state index contributed by atoms with van der Waals surface area (Å²) in [6.07, 6.45) is 1.97. The number of carboxylic acid groups (broad SMARTS) is 1. The standard InChI is InChI=1S/C20H20N2O5S/c1-20(19(24)25,28(2,26)27)10-11-22-13-21-17-12-15(8-9-16(17)18(22)23)14-6-4-3-5-7-14/h3-9,12-13H,10-11H2,1-2H3,(H,24,25)/t20-/m0/s1. The molecular formula is C20H20N2O5S. The highest BCUT2D eigenvalue weighted by Crippen LogP contribution is 2.23. The fourth-order valence-electron chi connectivity index (χ4n) is 2.91. The van der Waals surface area contributed by atoms with E-state index in [1.54, 1.807) is 6.07 Å². The highest BCUT2D eigenvalue weighted by atomic mass is 32.2. The molecule has 1 heterocycles. The van der Waals surface area contributed by atoms with Crippen molar-refractivity contribution in [2.24, 2.45) is 0 Å². The third-order valence-corrected chi connectivity index (χ3v) is 7.05. The maximum absolute atomic E-state index is 12.7. The van der Waals surface area contributed by atoms with Crippen LogP contribution in [0, 0.1) is 0 Å². The van der Waals surface area contributed by atoms with Gasteiger partial charge in [-0.2, -0.15) is 0 Å². The maximum Gasteiger partial charge on any atom is 0.324 e. The molecule has 0 radical (unpaired) electrons. The number of hydrogen-bond acceptors (Lipinski definition) is 5. The zero-order valence-corrected chi connectivity index (χ0v) is 16.3. The average Bonchev–Trinajstić information content (AvgIpc) is 2.66. The predicted molar refractivity (Wildman–Crippen MR) is 107 cm³/mol. The van der Waals surface area contributed by atoms with E-state index in [9.17, 15) is 23.1 Å². The van der Waals surface area contributed by atoms with Crippen molar-refractivity contribution in [3.05, 3.63) is 65.2 Å². The average molecular weight is 400 g/mol. The molecule has 3 rings (SSSR count). The van der Waals surface area contributed by atoms with E-state index in [1.807, 2.05) is 42.5 Å². The van der Waals surface area contributed by atoms with Gasteiger partial charge >= 0.3 is 5.97 Å². The Hall–Kier alpha value is -3.00. The zero-order valence-electron chi connectivity index (χ0n) is 15.5. The lowest BCUT2D eigenvalue weighted by Gasteiger charge is -2.22. The lowest BCUT2D eigenvalue weighted by atomic mass is 10.0. The molecule has 7 nitrogen and oxygen atoms in total. The van der Waals surface area contributed by atoms with E-state index in [0.29, 0.717) is 10.9 Å².